The summed E-state index contributed by atoms with van der Waals surface area (Å²) in [5, 5.41) is 6.78. The molecule has 1 aromatic heterocycles. The van der Waals surface area contributed by atoms with Crippen molar-refractivity contribution in [2.24, 2.45) is 4.99 Å². The van der Waals surface area contributed by atoms with E-state index in [0.717, 1.165) is 17.3 Å². The first-order valence-corrected chi connectivity index (χ1v) is 8.73. The topological polar surface area (TPSA) is 62.5 Å². The molecule has 0 saturated heterocycles. The summed E-state index contributed by atoms with van der Waals surface area (Å²) in [4.78, 5) is 8.65. The summed E-state index contributed by atoms with van der Waals surface area (Å²) in [5.74, 6) is 2.27. The molecule has 6 heteroatoms. The predicted molar refractivity (Wildman–Crippen MR) is 112 cm³/mol. The third-order valence-corrected chi connectivity index (χ3v) is 4.47. The molecule has 0 bridgehead atoms. The van der Waals surface area contributed by atoms with E-state index in [-0.39, 0.29) is 24.0 Å². The van der Waals surface area contributed by atoms with Gasteiger partial charge >= 0.3 is 0 Å². The van der Waals surface area contributed by atoms with E-state index in [4.69, 9.17) is 4.42 Å². The third-order valence-electron chi connectivity index (χ3n) is 4.47. The second-order valence-electron chi connectivity index (χ2n) is 6.39. The van der Waals surface area contributed by atoms with Crippen molar-refractivity contribution in [3.8, 4) is 11.3 Å². The van der Waals surface area contributed by atoms with Gasteiger partial charge in [-0.05, 0) is 19.8 Å². The van der Waals surface area contributed by atoms with Crippen molar-refractivity contribution in [1.29, 1.82) is 0 Å². The van der Waals surface area contributed by atoms with Gasteiger partial charge in [0.05, 0.1) is 12.7 Å². The lowest BCUT2D eigenvalue weighted by atomic mass is 9.96. The first-order chi connectivity index (χ1) is 11.7. The number of nitrogens with zero attached hydrogens (tertiary/aromatic N) is 2. The summed E-state index contributed by atoms with van der Waals surface area (Å²) in [7, 11) is 1.80. The molecule has 1 aliphatic rings. The largest absolute Gasteiger partial charge is 0.439 e. The molecule has 1 saturated carbocycles. The summed E-state index contributed by atoms with van der Waals surface area (Å²) < 4.78 is 5.84. The standard InChI is InChI=1S/C19H26N4O.HI/c1-14-8-10-15(11-9-14)17-12-21-18(24-17)13-22-19(20-2)23-16-6-4-3-5-7-16;/h8-12,16H,3-7,13H2,1-2H3,(H2,20,22,23);1H. The van der Waals surface area contributed by atoms with Crippen LogP contribution in [0, 0.1) is 6.92 Å². The number of hydrogen-bond acceptors (Lipinski definition) is 3. The van der Waals surface area contributed by atoms with Gasteiger partial charge < -0.3 is 15.1 Å². The van der Waals surface area contributed by atoms with Crippen molar-refractivity contribution in [2.75, 3.05) is 7.05 Å². The molecule has 1 aliphatic carbocycles. The normalized spacial score (nSPS) is 15.5. The molecule has 0 atom stereocenters. The lowest BCUT2D eigenvalue weighted by molar-refractivity contribution is 0.408. The molecule has 0 aliphatic heterocycles. The molecule has 3 rings (SSSR count). The van der Waals surface area contributed by atoms with Crippen LogP contribution in [0.5, 0.6) is 0 Å². The summed E-state index contributed by atoms with van der Waals surface area (Å²) in [6.07, 6.45) is 8.17. The highest BCUT2D eigenvalue weighted by atomic mass is 127. The average Bonchev–Trinajstić information content (AvgIpc) is 3.09. The van der Waals surface area contributed by atoms with Crippen molar-refractivity contribution in [3.05, 3.63) is 41.9 Å². The van der Waals surface area contributed by atoms with Crippen LogP contribution in [0.2, 0.25) is 0 Å². The first-order valence-electron chi connectivity index (χ1n) is 8.73. The molecule has 0 spiro atoms. The van der Waals surface area contributed by atoms with E-state index in [1.807, 2.05) is 0 Å². The highest BCUT2D eigenvalue weighted by molar-refractivity contribution is 14.0. The summed E-state index contributed by atoms with van der Waals surface area (Å²) in [5.41, 5.74) is 2.28. The molecule has 5 nitrogen and oxygen atoms in total. The molecule has 25 heavy (non-hydrogen) atoms. The smallest absolute Gasteiger partial charge is 0.214 e. The molecule has 1 fully saturated rings. The monoisotopic (exact) mass is 454 g/mol. The molecule has 0 radical (unpaired) electrons. The number of hydrogen-bond donors (Lipinski definition) is 2. The van der Waals surface area contributed by atoms with Crippen LogP contribution in [-0.4, -0.2) is 24.0 Å². The zero-order valence-corrected chi connectivity index (χ0v) is 17.2. The number of aromatic nitrogens is 1. The Hall–Kier alpha value is -1.57. The Bertz CT molecular complexity index is 675. The van der Waals surface area contributed by atoms with Gasteiger partial charge in [0.25, 0.3) is 0 Å². The van der Waals surface area contributed by atoms with Crippen molar-refractivity contribution >= 4 is 29.9 Å². The number of aliphatic imine (C=N–C) groups is 1. The first kappa shape index (κ1) is 19.8. The van der Waals surface area contributed by atoms with Crippen LogP contribution in [-0.2, 0) is 6.54 Å². The van der Waals surface area contributed by atoms with E-state index in [1.54, 1.807) is 13.2 Å². The number of guanidine groups is 1. The predicted octanol–water partition coefficient (Wildman–Crippen LogP) is 4.27. The molecule has 0 amide bonds. The molecule has 1 heterocycles. The van der Waals surface area contributed by atoms with Crippen LogP contribution < -0.4 is 10.6 Å². The SMILES string of the molecule is CN=C(NCc1ncc(-c2ccc(C)cc2)o1)NC1CCCCC1.I. The summed E-state index contributed by atoms with van der Waals surface area (Å²) in [6.45, 7) is 2.60. The molecule has 2 aromatic rings. The third kappa shape index (κ3) is 5.73. The molecular weight excluding hydrogens is 427 g/mol. The van der Waals surface area contributed by atoms with Crippen LogP contribution >= 0.6 is 24.0 Å². The van der Waals surface area contributed by atoms with Gasteiger partial charge in [0.15, 0.2) is 11.7 Å². The number of halogens is 1. The van der Waals surface area contributed by atoms with Gasteiger partial charge in [-0.25, -0.2) is 4.98 Å². The van der Waals surface area contributed by atoms with Crippen LogP contribution in [0.3, 0.4) is 0 Å². The number of aryl methyl sites for hydroxylation is 1. The molecule has 0 unspecified atom stereocenters. The summed E-state index contributed by atoms with van der Waals surface area (Å²) in [6, 6.07) is 8.78. The van der Waals surface area contributed by atoms with Gasteiger partial charge in [0.2, 0.25) is 5.89 Å². The van der Waals surface area contributed by atoms with Gasteiger partial charge in [0.1, 0.15) is 0 Å². The lowest BCUT2D eigenvalue weighted by Gasteiger charge is -2.24. The van der Waals surface area contributed by atoms with Crippen molar-refractivity contribution < 1.29 is 4.42 Å². The van der Waals surface area contributed by atoms with Crippen LogP contribution in [0.4, 0.5) is 0 Å². The molecular formula is C19H27IN4O. The number of oxazole rings is 1. The van der Waals surface area contributed by atoms with Crippen LogP contribution in [0.15, 0.2) is 39.9 Å². The fourth-order valence-corrected chi connectivity index (χ4v) is 3.04. The van der Waals surface area contributed by atoms with Gasteiger partial charge in [-0.2, -0.15) is 0 Å². The van der Waals surface area contributed by atoms with Crippen LogP contribution in [0.1, 0.15) is 43.6 Å². The molecule has 2 N–H and O–H groups in total. The number of rotatable bonds is 4. The minimum absolute atomic E-state index is 0. The number of nitrogens with one attached hydrogen (secondary N) is 2. The maximum absolute atomic E-state index is 5.84. The molecule has 1 aromatic carbocycles. The Morgan fingerprint density at radius 1 is 1.20 bits per heavy atom. The summed E-state index contributed by atoms with van der Waals surface area (Å²) >= 11 is 0. The Balaban J connectivity index is 0.00000225. The lowest BCUT2D eigenvalue weighted by Crippen LogP contribution is -2.43. The van der Waals surface area contributed by atoms with Gasteiger partial charge in [-0.3, -0.25) is 4.99 Å². The maximum atomic E-state index is 5.84. The minimum atomic E-state index is 0. The zero-order valence-electron chi connectivity index (χ0n) is 14.9. The fraction of sp³-hybridized carbons (Fsp3) is 0.474. The average molecular weight is 454 g/mol. The van der Waals surface area contributed by atoms with Gasteiger partial charge in [-0.1, -0.05) is 49.1 Å². The Morgan fingerprint density at radius 2 is 1.92 bits per heavy atom. The van der Waals surface area contributed by atoms with Gasteiger partial charge in [-0.15, -0.1) is 24.0 Å². The highest BCUT2D eigenvalue weighted by Crippen LogP contribution is 2.21. The zero-order chi connectivity index (χ0) is 16.8. The van der Waals surface area contributed by atoms with E-state index in [2.05, 4.69) is 51.8 Å². The highest BCUT2D eigenvalue weighted by Gasteiger charge is 2.15. The van der Waals surface area contributed by atoms with Crippen molar-refractivity contribution in [1.82, 2.24) is 15.6 Å². The van der Waals surface area contributed by atoms with Crippen molar-refractivity contribution in [2.45, 2.75) is 51.6 Å². The van der Waals surface area contributed by atoms with Gasteiger partial charge in [0, 0.05) is 18.7 Å². The minimum Gasteiger partial charge on any atom is -0.439 e. The van der Waals surface area contributed by atoms with E-state index in [9.17, 15) is 0 Å². The second kappa shape index (κ2) is 9.79. The number of benzene rings is 1. The Labute approximate surface area is 166 Å². The molecule has 136 valence electrons. The second-order valence-corrected chi connectivity index (χ2v) is 6.39. The quantitative estimate of drug-likeness (QED) is 0.412. The van der Waals surface area contributed by atoms with Crippen LogP contribution in [0.25, 0.3) is 11.3 Å². The Morgan fingerprint density at radius 3 is 2.60 bits per heavy atom. The fourth-order valence-electron chi connectivity index (χ4n) is 3.04. The van der Waals surface area contributed by atoms with E-state index < -0.39 is 0 Å². The van der Waals surface area contributed by atoms with E-state index in [0.29, 0.717) is 18.5 Å². The van der Waals surface area contributed by atoms with E-state index in [1.165, 1.54) is 37.7 Å². The Kier molecular flexibility index (Phi) is 7.74. The maximum Gasteiger partial charge on any atom is 0.214 e. The van der Waals surface area contributed by atoms with E-state index >= 15 is 0 Å². The van der Waals surface area contributed by atoms with Crippen molar-refractivity contribution in [3.63, 3.8) is 0 Å².